The number of halogens is 1. The lowest BCUT2D eigenvalue weighted by molar-refractivity contribution is 0.378. The number of rotatable bonds is 4. The van der Waals surface area contributed by atoms with Crippen molar-refractivity contribution in [3.8, 4) is 0 Å². The molecule has 0 aromatic carbocycles. The number of pyridine rings is 1. The quantitative estimate of drug-likeness (QED) is 0.316. The molecule has 0 spiro atoms. The van der Waals surface area contributed by atoms with Crippen molar-refractivity contribution in [1.29, 1.82) is 0 Å². The molecule has 2 N–H and O–H groups in total. The largest absolute Gasteiger partial charge is 0.370 e. The highest BCUT2D eigenvalue weighted by Gasteiger charge is 2.19. The van der Waals surface area contributed by atoms with Crippen LogP contribution in [0.2, 0.25) is 0 Å². The van der Waals surface area contributed by atoms with Crippen molar-refractivity contribution in [2.75, 3.05) is 37.3 Å². The molecule has 2 aromatic heterocycles. The summed E-state index contributed by atoms with van der Waals surface area (Å²) in [5.41, 5.74) is 7.28. The fourth-order valence-electron chi connectivity index (χ4n) is 2.52. The second-order valence-corrected chi connectivity index (χ2v) is 6.23. The zero-order valence-corrected chi connectivity index (χ0v) is 17.2. The van der Waals surface area contributed by atoms with Crippen molar-refractivity contribution in [2.45, 2.75) is 11.6 Å². The molecule has 0 radical (unpaired) electrons. The molecule has 3 rings (SSSR count). The van der Waals surface area contributed by atoms with Gasteiger partial charge < -0.3 is 15.5 Å². The van der Waals surface area contributed by atoms with Gasteiger partial charge in [-0.25, -0.2) is 19.9 Å². The van der Waals surface area contributed by atoms with Crippen LogP contribution in [0.15, 0.2) is 46.8 Å². The number of nitrogens with zero attached hydrogens (tertiary/aromatic N) is 6. The van der Waals surface area contributed by atoms with Gasteiger partial charge in [-0.1, -0.05) is 0 Å². The van der Waals surface area contributed by atoms with Gasteiger partial charge in [0.25, 0.3) is 0 Å². The number of anilines is 1. The number of aromatic nitrogens is 3. The van der Waals surface area contributed by atoms with Crippen molar-refractivity contribution < 1.29 is 0 Å². The molecule has 1 fully saturated rings. The van der Waals surface area contributed by atoms with Gasteiger partial charge in [-0.2, -0.15) is 0 Å². The third kappa shape index (κ3) is 5.43. The van der Waals surface area contributed by atoms with Crippen molar-refractivity contribution >= 4 is 47.6 Å². The lowest BCUT2D eigenvalue weighted by atomic mass is 10.3. The molecular weight excluding hydrogens is 449 g/mol. The monoisotopic (exact) mass is 471 g/mol. The summed E-state index contributed by atoms with van der Waals surface area (Å²) in [7, 11) is 0. The highest BCUT2D eigenvalue weighted by molar-refractivity contribution is 14.0. The van der Waals surface area contributed by atoms with Gasteiger partial charge in [0.05, 0.1) is 11.6 Å². The Kier molecular flexibility index (Phi) is 7.69. The van der Waals surface area contributed by atoms with E-state index in [1.807, 2.05) is 30.7 Å². The average Bonchev–Trinajstić information content (AvgIpc) is 2.67. The molecule has 3 heterocycles. The highest BCUT2D eigenvalue weighted by atomic mass is 127. The van der Waals surface area contributed by atoms with Crippen molar-refractivity contribution in [2.24, 2.45) is 10.7 Å². The van der Waals surface area contributed by atoms with E-state index in [-0.39, 0.29) is 24.0 Å². The first-order chi connectivity index (χ1) is 11.8. The molecule has 134 valence electrons. The average molecular weight is 471 g/mol. The number of aliphatic imine (C=N–C) groups is 1. The summed E-state index contributed by atoms with van der Waals surface area (Å²) < 4.78 is 0. The maximum Gasteiger partial charge on any atom is 0.225 e. The summed E-state index contributed by atoms with van der Waals surface area (Å²) in [6.45, 7) is 3.89. The minimum absolute atomic E-state index is 0. The molecule has 0 saturated carbocycles. The predicted octanol–water partition coefficient (Wildman–Crippen LogP) is 1.85. The Bertz CT molecular complexity index is 690. The molecule has 7 nitrogen and oxygen atoms in total. The zero-order valence-electron chi connectivity index (χ0n) is 14.1. The molecule has 0 unspecified atom stereocenters. The maximum atomic E-state index is 6.16. The number of guanidine groups is 1. The Morgan fingerprint density at radius 1 is 1.16 bits per heavy atom. The Morgan fingerprint density at radius 2 is 1.88 bits per heavy atom. The molecule has 1 aliphatic heterocycles. The third-order valence-corrected chi connectivity index (χ3v) is 4.51. The van der Waals surface area contributed by atoms with Crippen LogP contribution in [0.3, 0.4) is 0 Å². The van der Waals surface area contributed by atoms with E-state index in [0.29, 0.717) is 12.5 Å². The van der Waals surface area contributed by atoms with E-state index < -0.39 is 0 Å². The first-order valence-corrected chi connectivity index (χ1v) is 9.04. The minimum atomic E-state index is 0. The molecule has 25 heavy (non-hydrogen) atoms. The van der Waals surface area contributed by atoms with E-state index in [4.69, 9.17) is 5.73 Å². The summed E-state index contributed by atoms with van der Waals surface area (Å²) in [6, 6.07) is 5.85. The van der Waals surface area contributed by atoms with E-state index >= 15 is 0 Å². The maximum absolute atomic E-state index is 6.16. The molecular formula is C16H22IN7S. The normalized spacial score (nSPS) is 15.0. The second-order valence-electron chi connectivity index (χ2n) is 5.40. The fourth-order valence-corrected chi connectivity index (χ4v) is 2.96. The third-order valence-electron chi connectivity index (χ3n) is 3.87. The van der Waals surface area contributed by atoms with Gasteiger partial charge in [0, 0.05) is 44.8 Å². The van der Waals surface area contributed by atoms with Crippen LogP contribution >= 0.6 is 35.7 Å². The van der Waals surface area contributed by atoms with Crippen molar-refractivity contribution in [3.05, 3.63) is 42.4 Å². The summed E-state index contributed by atoms with van der Waals surface area (Å²) in [4.78, 5) is 21.6. The number of hydrogen-bond acceptors (Lipinski definition) is 6. The molecule has 0 aliphatic carbocycles. The van der Waals surface area contributed by atoms with Crippen LogP contribution in [0.1, 0.15) is 5.56 Å². The van der Waals surface area contributed by atoms with Crippen LogP contribution < -0.4 is 10.6 Å². The number of hydrogen-bond donors (Lipinski definition) is 1. The molecule has 0 amide bonds. The number of piperazine rings is 1. The van der Waals surface area contributed by atoms with Gasteiger partial charge in [-0.05, 0) is 30.0 Å². The van der Waals surface area contributed by atoms with Gasteiger partial charge in [-0.3, -0.25) is 0 Å². The molecule has 9 heteroatoms. The SMILES string of the molecule is CSc1cc(CN=C(N)N2CCN(c3ncccn3)CC2)ccn1.I. The molecule has 0 bridgehead atoms. The summed E-state index contributed by atoms with van der Waals surface area (Å²) >= 11 is 1.62. The van der Waals surface area contributed by atoms with Gasteiger partial charge in [-0.15, -0.1) is 35.7 Å². The summed E-state index contributed by atoms with van der Waals surface area (Å²) in [5.74, 6) is 1.36. The van der Waals surface area contributed by atoms with Gasteiger partial charge in [0.1, 0.15) is 0 Å². The number of nitrogens with two attached hydrogens (primary N) is 1. The lowest BCUT2D eigenvalue weighted by Gasteiger charge is -2.35. The molecule has 1 aliphatic rings. The Hall–Kier alpha value is -1.62. The van der Waals surface area contributed by atoms with Crippen LogP contribution in [-0.2, 0) is 6.54 Å². The van der Waals surface area contributed by atoms with Crippen molar-refractivity contribution in [3.63, 3.8) is 0 Å². The van der Waals surface area contributed by atoms with E-state index in [9.17, 15) is 0 Å². The van der Waals surface area contributed by atoms with E-state index in [1.165, 1.54) is 0 Å². The minimum Gasteiger partial charge on any atom is -0.370 e. The molecule has 0 atom stereocenters. The Labute approximate surface area is 169 Å². The van der Waals surface area contributed by atoms with Crippen LogP contribution in [-0.4, -0.2) is 58.2 Å². The molecule has 1 saturated heterocycles. The first-order valence-electron chi connectivity index (χ1n) is 7.82. The van der Waals surface area contributed by atoms with Crippen LogP contribution in [0.5, 0.6) is 0 Å². The summed E-state index contributed by atoms with van der Waals surface area (Å²) in [6.07, 6.45) is 7.36. The standard InChI is InChI=1S/C16H21N7S.HI/c1-24-14-11-13(3-6-18-14)12-21-15(17)22-7-9-23(10-8-22)16-19-4-2-5-20-16;/h2-6,11H,7-10,12H2,1H3,(H2,17,21);1H. The van der Waals surface area contributed by atoms with Gasteiger partial charge >= 0.3 is 0 Å². The van der Waals surface area contributed by atoms with Gasteiger partial charge in [0.15, 0.2) is 5.96 Å². The Balaban J connectivity index is 0.00000225. The van der Waals surface area contributed by atoms with E-state index in [2.05, 4.69) is 29.7 Å². The van der Waals surface area contributed by atoms with E-state index in [0.717, 1.165) is 42.7 Å². The van der Waals surface area contributed by atoms with Crippen LogP contribution in [0.4, 0.5) is 5.95 Å². The van der Waals surface area contributed by atoms with Crippen LogP contribution in [0.25, 0.3) is 0 Å². The van der Waals surface area contributed by atoms with Crippen molar-refractivity contribution in [1.82, 2.24) is 19.9 Å². The first kappa shape index (κ1) is 19.7. The Morgan fingerprint density at radius 3 is 2.56 bits per heavy atom. The number of thioether (sulfide) groups is 1. The zero-order chi connectivity index (χ0) is 16.8. The second kappa shape index (κ2) is 9.76. The summed E-state index contributed by atoms with van der Waals surface area (Å²) in [5, 5.41) is 0.998. The predicted molar refractivity (Wildman–Crippen MR) is 113 cm³/mol. The lowest BCUT2D eigenvalue weighted by Crippen LogP contribution is -2.51. The highest BCUT2D eigenvalue weighted by Crippen LogP contribution is 2.13. The molecule has 2 aromatic rings. The van der Waals surface area contributed by atoms with E-state index in [1.54, 1.807) is 24.2 Å². The van der Waals surface area contributed by atoms with Gasteiger partial charge in [0.2, 0.25) is 5.95 Å². The van der Waals surface area contributed by atoms with Crippen LogP contribution in [0, 0.1) is 0 Å². The smallest absolute Gasteiger partial charge is 0.225 e. The topological polar surface area (TPSA) is 83.5 Å². The fraction of sp³-hybridized carbons (Fsp3) is 0.375.